The molecule has 0 bridgehead atoms. The third kappa shape index (κ3) is 4.61. The van der Waals surface area contributed by atoms with Gasteiger partial charge in [0.1, 0.15) is 0 Å². The Kier molecular flexibility index (Phi) is 6.74. The molecule has 1 unspecified atom stereocenters. The second kappa shape index (κ2) is 9.70. The maximum atomic E-state index is 13.4. The number of pyridine rings is 1. The number of likely N-dealkylation sites (tertiary alicyclic amines) is 1. The minimum atomic E-state index is -0.591. The van der Waals surface area contributed by atoms with E-state index in [-0.39, 0.29) is 34.5 Å². The average molecular weight is 450 g/mol. The predicted octanol–water partition coefficient (Wildman–Crippen LogP) is 2.80. The first kappa shape index (κ1) is 22.9. The van der Waals surface area contributed by atoms with E-state index in [1.54, 1.807) is 6.07 Å². The number of aromatic nitrogens is 3. The van der Waals surface area contributed by atoms with Gasteiger partial charge in [0.15, 0.2) is 5.65 Å². The van der Waals surface area contributed by atoms with Crippen LogP contribution in [0.2, 0.25) is 0 Å². The largest absolute Gasteiger partial charge is 0.350 e. The molecule has 1 saturated heterocycles. The van der Waals surface area contributed by atoms with Crippen molar-refractivity contribution in [3.8, 4) is 0 Å². The highest BCUT2D eigenvalue weighted by Crippen LogP contribution is 2.25. The SMILES string of the molecule is CCn1c(=O)[nH]c(=O)c2c(C(=O)NCC(c3ccccc3)N3CCCC3)cc(C(C)C)nc21. The zero-order valence-electron chi connectivity index (χ0n) is 19.4. The van der Waals surface area contributed by atoms with Crippen LogP contribution in [-0.2, 0) is 6.54 Å². The predicted molar refractivity (Wildman–Crippen MR) is 129 cm³/mol. The minimum absolute atomic E-state index is 0.0299. The van der Waals surface area contributed by atoms with E-state index in [1.165, 1.54) is 4.57 Å². The second-order valence-corrected chi connectivity index (χ2v) is 8.83. The number of aromatic amines is 1. The Hall–Kier alpha value is -3.26. The van der Waals surface area contributed by atoms with Crippen molar-refractivity contribution in [3.05, 3.63) is 74.1 Å². The Morgan fingerprint density at radius 2 is 1.85 bits per heavy atom. The van der Waals surface area contributed by atoms with Crippen molar-refractivity contribution in [1.29, 1.82) is 0 Å². The van der Waals surface area contributed by atoms with Gasteiger partial charge in [-0.05, 0) is 50.4 Å². The molecule has 1 amide bonds. The molecule has 1 aromatic carbocycles. The van der Waals surface area contributed by atoms with E-state index < -0.39 is 11.2 Å². The Morgan fingerprint density at radius 3 is 2.48 bits per heavy atom. The number of rotatable bonds is 7. The lowest BCUT2D eigenvalue weighted by Crippen LogP contribution is -2.38. The molecule has 1 atom stereocenters. The molecule has 2 N–H and O–H groups in total. The van der Waals surface area contributed by atoms with E-state index in [0.717, 1.165) is 31.5 Å². The van der Waals surface area contributed by atoms with Gasteiger partial charge >= 0.3 is 5.69 Å². The third-order valence-corrected chi connectivity index (χ3v) is 6.34. The van der Waals surface area contributed by atoms with Crippen molar-refractivity contribution >= 4 is 16.9 Å². The fourth-order valence-electron chi connectivity index (χ4n) is 4.53. The topological polar surface area (TPSA) is 100 Å². The summed E-state index contributed by atoms with van der Waals surface area (Å²) in [5.41, 5.74) is 1.21. The number of nitrogens with zero attached hydrogens (tertiary/aromatic N) is 3. The summed E-state index contributed by atoms with van der Waals surface area (Å²) in [5.74, 6) is -0.307. The molecule has 33 heavy (non-hydrogen) atoms. The first-order valence-electron chi connectivity index (χ1n) is 11.7. The molecule has 3 aromatic rings. The molecule has 1 aliphatic heterocycles. The van der Waals surface area contributed by atoms with Gasteiger partial charge in [0.2, 0.25) is 0 Å². The van der Waals surface area contributed by atoms with Gasteiger partial charge in [-0.1, -0.05) is 44.2 Å². The summed E-state index contributed by atoms with van der Waals surface area (Å²) >= 11 is 0. The van der Waals surface area contributed by atoms with Gasteiger partial charge in [0.25, 0.3) is 11.5 Å². The standard InChI is InChI=1S/C25H31N5O3/c1-4-30-22-21(24(32)28-25(30)33)18(14-19(27-22)16(2)3)23(31)26-15-20(29-12-8-9-13-29)17-10-6-5-7-11-17/h5-7,10-11,14,16,20H,4,8-9,12-13,15H2,1-3H3,(H,26,31)(H,28,32,33). The van der Waals surface area contributed by atoms with E-state index in [9.17, 15) is 14.4 Å². The monoisotopic (exact) mass is 449 g/mol. The van der Waals surface area contributed by atoms with Gasteiger partial charge < -0.3 is 5.32 Å². The smallest absolute Gasteiger partial charge is 0.329 e. The average Bonchev–Trinajstić information content (AvgIpc) is 3.33. The van der Waals surface area contributed by atoms with Crippen molar-refractivity contribution in [2.24, 2.45) is 0 Å². The molecule has 0 radical (unpaired) electrons. The number of nitrogens with one attached hydrogen (secondary N) is 2. The molecule has 8 heteroatoms. The third-order valence-electron chi connectivity index (χ3n) is 6.34. The lowest BCUT2D eigenvalue weighted by Gasteiger charge is -2.28. The number of benzene rings is 1. The number of hydrogen-bond donors (Lipinski definition) is 2. The van der Waals surface area contributed by atoms with Crippen molar-refractivity contribution in [2.75, 3.05) is 19.6 Å². The summed E-state index contributed by atoms with van der Waals surface area (Å²) in [7, 11) is 0. The molecule has 8 nitrogen and oxygen atoms in total. The van der Waals surface area contributed by atoms with Gasteiger partial charge in [-0.25, -0.2) is 9.78 Å². The van der Waals surface area contributed by atoms with Crippen LogP contribution in [0.4, 0.5) is 0 Å². The van der Waals surface area contributed by atoms with E-state index >= 15 is 0 Å². The second-order valence-electron chi connectivity index (χ2n) is 8.83. The Morgan fingerprint density at radius 1 is 1.15 bits per heavy atom. The van der Waals surface area contributed by atoms with E-state index in [2.05, 4.69) is 32.3 Å². The highest BCUT2D eigenvalue weighted by atomic mass is 16.2. The highest BCUT2D eigenvalue weighted by molar-refractivity contribution is 6.05. The van der Waals surface area contributed by atoms with Crippen LogP contribution in [0.3, 0.4) is 0 Å². The molecular weight excluding hydrogens is 418 g/mol. The van der Waals surface area contributed by atoms with Gasteiger partial charge in [-0.3, -0.25) is 24.0 Å². The van der Waals surface area contributed by atoms with Crippen molar-refractivity contribution in [3.63, 3.8) is 0 Å². The van der Waals surface area contributed by atoms with Crippen molar-refractivity contribution in [1.82, 2.24) is 24.8 Å². The number of H-pyrrole nitrogens is 1. The quantitative estimate of drug-likeness (QED) is 0.578. The first-order valence-corrected chi connectivity index (χ1v) is 11.7. The summed E-state index contributed by atoms with van der Waals surface area (Å²) in [6, 6.07) is 11.9. The first-order chi connectivity index (χ1) is 15.9. The maximum absolute atomic E-state index is 13.4. The van der Waals surface area contributed by atoms with Gasteiger partial charge in [-0.15, -0.1) is 0 Å². The zero-order valence-corrected chi connectivity index (χ0v) is 19.4. The summed E-state index contributed by atoms with van der Waals surface area (Å²) in [4.78, 5) is 47.8. The Bertz CT molecular complexity index is 1260. The molecule has 4 rings (SSSR count). The van der Waals surface area contributed by atoms with Gasteiger partial charge in [-0.2, -0.15) is 0 Å². The molecule has 0 spiro atoms. The summed E-state index contributed by atoms with van der Waals surface area (Å²) in [6.07, 6.45) is 2.29. The van der Waals surface area contributed by atoms with Crippen LogP contribution in [0, 0.1) is 0 Å². The van der Waals surface area contributed by atoms with E-state index in [0.29, 0.717) is 18.8 Å². The molecule has 174 valence electrons. The van der Waals surface area contributed by atoms with Crippen molar-refractivity contribution in [2.45, 2.75) is 52.1 Å². The molecular formula is C25H31N5O3. The lowest BCUT2D eigenvalue weighted by molar-refractivity contribution is 0.0939. The number of carbonyl (C=O) groups excluding carboxylic acids is 1. The van der Waals surface area contributed by atoms with Crippen LogP contribution in [0.1, 0.15) is 67.2 Å². The fraction of sp³-hybridized carbons (Fsp3) is 0.440. The van der Waals surface area contributed by atoms with Gasteiger partial charge in [0.05, 0.1) is 17.0 Å². The van der Waals surface area contributed by atoms with Crippen molar-refractivity contribution < 1.29 is 4.79 Å². The number of amides is 1. The van der Waals surface area contributed by atoms with Crippen LogP contribution in [0.15, 0.2) is 46.0 Å². The summed E-state index contributed by atoms with van der Waals surface area (Å²) < 4.78 is 1.40. The molecule has 1 aliphatic rings. The summed E-state index contributed by atoms with van der Waals surface area (Å²) in [6.45, 7) is 8.50. The number of carbonyl (C=O) groups is 1. The van der Waals surface area contributed by atoms with Crippen LogP contribution < -0.4 is 16.6 Å². The normalized spacial score (nSPS) is 15.3. The lowest BCUT2D eigenvalue weighted by atomic mass is 10.0. The molecule has 0 saturated carbocycles. The van der Waals surface area contributed by atoms with Gasteiger partial charge in [0, 0.05) is 18.8 Å². The zero-order chi connectivity index (χ0) is 23.5. The molecule has 0 aliphatic carbocycles. The maximum Gasteiger partial charge on any atom is 0.329 e. The minimum Gasteiger partial charge on any atom is -0.350 e. The van der Waals surface area contributed by atoms with Crippen LogP contribution in [0.5, 0.6) is 0 Å². The summed E-state index contributed by atoms with van der Waals surface area (Å²) in [5, 5.41) is 3.21. The number of hydrogen-bond acceptors (Lipinski definition) is 5. The van der Waals surface area contributed by atoms with E-state index in [4.69, 9.17) is 0 Å². The van der Waals surface area contributed by atoms with Crippen LogP contribution >= 0.6 is 0 Å². The number of fused-ring (bicyclic) bond motifs is 1. The van der Waals surface area contributed by atoms with Crippen LogP contribution in [0.25, 0.3) is 11.0 Å². The Balaban J connectivity index is 1.73. The van der Waals surface area contributed by atoms with E-state index in [1.807, 2.05) is 39.0 Å². The highest BCUT2D eigenvalue weighted by Gasteiger charge is 2.25. The molecule has 2 aromatic heterocycles. The Labute approximate surface area is 192 Å². The molecule has 3 heterocycles. The molecule has 1 fully saturated rings. The van der Waals surface area contributed by atoms with Crippen LogP contribution in [-0.4, -0.2) is 45.0 Å². The fourth-order valence-corrected chi connectivity index (χ4v) is 4.53. The number of aryl methyl sites for hydroxylation is 1.